The smallest absolute Gasteiger partial charge is 0.309 e. The van der Waals surface area contributed by atoms with Gasteiger partial charge in [0.15, 0.2) is 0 Å². The van der Waals surface area contributed by atoms with Gasteiger partial charge in [-0.15, -0.1) is 0 Å². The van der Waals surface area contributed by atoms with Gasteiger partial charge in [0.05, 0.1) is 12.0 Å². The highest BCUT2D eigenvalue weighted by Crippen LogP contribution is 2.28. The van der Waals surface area contributed by atoms with Gasteiger partial charge < -0.3 is 15.9 Å². The molecule has 0 amide bonds. The van der Waals surface area contributed by atoms with Crippen molar-refractivity contribution < 1.29 is 24.6 Å². The van der Waals surface area contributed by atoms with Gasteiger partial charge in [-0.2, -0.15) is 0 Å². The molecule has 0 aliphatic rings. The molecule has 6 heteroatoms. The molecule has 1 atom stereocenters. The first kappa shape index (κ1) is 13.6. The summed E-state index contributed by atoms with van der Waals surface area (Å²) in [6.45, 7) is 1.13. The Morgan fingerprint density at radius 2 is 1.80 bits per heavy atom. The van der Waals surface area contributed by atoms with Crippen LogP contribution in [0.5, 0.6) is 0 Å². The zero-order valence-corrected chi connectivity index (χ0v) is 8.52. The second kappa shape index (κ2) is 5.45. The van der Waals surface area contributed by atoms with Crippen LogP contribution in [0.25, 0.3) is 0 Å². The van der Waals surface area contributed by atoms with Crippen molar-refractivity contribution in [2.45, 2.75) is 26.2 Å². The van der Waals surface area contributed by atoms with Gasteiger partial charge in [-0.05, 0) is 13.3 Å². The van der Waals surface area contributed by atoms with Gasteiger partial charge >= 0.3 is 11.9 Å². The first-order valence-corrected chi connectivity index (χ1v) is 4.49. The van der Waals surface area contributed by atoms with Crippen LogP contribution in [0.3, 0.4) is 0 Å². The molecule has 15 heavy (non-hydrogen) atoms. The van der Waals surface area contributed by atoms with Gasteiger partial charge in [-0.3, -0.25) is 14.4 Å². The number of hydrogen-bond acceptors (Lipinski definition) is 4. The molecule has 6 nitrogen and oxygen atoms in total. The second-order valence-electron chi connectivity index (χ2n) is 3.68. The van der Waals surface area contributed by atoms with Crippen molar-refractivity contribution >= 4 is 17.7 Å². The SMILES string of the molecule is C[C@@](CCC(=O)O)(CC(=O)CN)C(=O)O. The van der Waals surface area contributed by atoms with Gasteiger partial charge in [0, 0.05) is 12.8 Å². The van der Waals surface area contributed by atoms with Crippen molar-refractivity contribution in [3.8, 4) is 0 Å². The van der Waals surface area contributed by atoms with E-state index in [4.69, 9.17) is 15.9 Å². The quantitative estimate of drug-likeness (QED) is 0.546. The number of carbonyl (C=O) groups excluding carboxylic acids is 1. The minimum absolute atomic E-state index is 0.0800. The Hall–Kier alpha value is -1.43. The van der Waals surface area contributed by atoms with Crippen molar-refractivity contribution in [2.75, 3.05) is 6.54 Å². The maximum absolute atomic E-state index is 11.0. The van der Waals surface area contributed by atoms with E-state index >= 15 is 0 Å². The molecule has 4 N–H and O–H groups in total. The fourth-order valence-corrected chi connectivity index (χ4v) is 1.16. The molecule has 0 bridgehead atoms. The molecule has 0 heterocycles. The predicted octanol–water partition coefficient (Wildman–Crippen LogP) is -0.140. The number of Topliss-reactive ketones (excluding diaryl/α,β-unsaturated/α-hetero) is 1. The molecule has 0 aromatic heterocycles. The molecular weight excluding hydrogens is 202 g/mol. The van der Waals surface area contributed by atoms with Crippen LogP contribution < -0.4 is 5.73 Å². The van der Waals surface area contributed by atoms with E-state index in [2.05, 4.69) is 0 Å². The van der Waals surface area contributed by atoms with Crippen molar-refractivity contribution in [2.24, 2.45) is 11.1 Å². The van der Waals surface area contributed by atoms with Gasteiger partial charge in [0.1, 0.15) is 5.78 Å². The van der Waals surface area contributed by atoms with E-state index in [1.54, 1.807) is 0 Å². The fourth-order valence-electron chi connectivity index (χ4n) is 1.16. The van der Waals surface area contributed by atoms with E-state index in [0.717, 1.165) is 0 Å². The third kappa shape index (κ3) is 4.55. The van der Waals surface area contributed by atoms with Gasteiger partial charge in [0.25, 0.3) is 0 Å². The summed E-state index contributed by atoms with van der Waals surface area (Å²) in [5.74, 6) is -2.64. The minimum atomic E-state index is -1.34. The van der Waals surface area contributed by atoms with Gasteiger partial charge in [-0.25, -0.2) is 0 Å². The summed E-state index contributed by atoms with van der Waals surface area (Å²) in [5.41, 5.74) is 3.74. The molecular formula is C9H15NO5. The number of aliphatic carboxylic acids is 2. The molecule has 0 saturated carbocycles. The average Bonchev–Trinajstić information content (AvgIpc) is 2.14. The number of carbonyl (C=O) groups is 3. The number of ketones is 1. The highest BCUT2D eigenvalue weighted by molar-refractivity contribution is 5.87. The Morgan fingerprint density at radius 3 is 2.13 bits per heavy atom. The van der Waals surface area contributed by atoms with E-state index in [1.807, 2.05) is 0 Å². The van der Waals surface area contributed by atoms with E-state index in [0.29, 0.717) is 0 Å². The molecule has 0 fully saturated rings. The van der Waals surface area contributed by atoms with Crippen LogP contribution in [0.1, 0.15) is 26.2 Å². The van der Waals surface area contributed by atoms with E-state index in [9.17, 15) is 14.4 Å². The van der Waals surface area contributed by atoms with E-state index in [-0.39, 0.29) is 31.6 Å². The first-order chi connectivity index (χ1) is 6.81. The highest BCUT2D eigenvalue weighted by atomic mass is 16.4. The summed E-state index contributed by atoms with van der Waals surface area (Å²) in [6.07, 6.45) is -0.587. The molecule has 0 spiro atoms. The van der Waals surface area contributed by atoms with Gasteiger partial charge in [-0.1, -0.05) is 0 Å². The van der Waals surface area contributed by atoms with E-state index in [1.165, 1.54) is 6.92 Å². The molecule has 0 rings (SSSR count). The van der Waals surface area contributed by atoms with Crippen LogP contribution >= 0.6 is 0 Å². The number of carboxylic acid groups (broad SMARTS) is 2. The van der Waals surface area contributed by atoms with Crippen molar-refractivity contribution in [1.82, 2.24) is 0 Å². The zero-order chi connectivity index (χ0) is 12.1. The van der Waals surface area contributed by atoms with Gasteiger partial charge in [0.2, 0.25) is 0 Å². The van der Waals surface area contributed by atoms with Crippen LogP contribution in [0.2, 0.25) is 0 Å². The van der Waals surface area contributed by atoms with E-state index < -0.39 is 17.4 Å². The molecule has 86 valence electrons. The number of carboxylic acids is 2. The molecule has 0 aliphatic heterocycles. The lowest BCUT2D eigenvalue weighted by Gasteiger charge is -2.22. The van der Waals surface area contributed by atoms with Crippen LogP contribution in [-0.2, 0) is 14.4 Å². The molecule has 0 aliphatic carbocycles. The Morgan fingerprint density at radius 1 is 1.27 bits per heavy atom. The van der Waals surface area contributed by atoms with Crippen LogP contribution in [0.15, 0.2) is 0 Å². The summed E-state index contributed by atoms with van der Waals surface area (Å²) in [7, 11) is 0. The van der Waals surface area contributed by atoms with Crippen LogP contribution in [-0.4, -0.2) is 34.5 Å². The van der Waals surface area contributed by atoms with Crippen molar-refractivity contribution in [3.05, 3.63) is 0 Å². The van der Waals surface area contributed by atoms with Crippen LogP contribution in [0.4, 0.5) is 0 Å². The third-order valence-electron chi connectivity index (χ3n) is 2.22. The maximum Gasteiger partial charge on any atom is 0.309 e. The monoisotopic (exact) mass is 217 g/mol. The molecule has 0 radical (unpaired) electrons. The average molecular weight is 217 g/mol. The van der Waals surface area contributed by atoms with Crippen molar-refractivity contribution in [3.63, 3.8) is 0 Å². The molecule has 0 aromatic carbocycles. The zero-order valence-electron chi connectivity index (χ0n) is 8.52. The summed E-state index contributed by atoms with van der Waals surface area (Å²) in [5, 5.41) is 17.4. The highest BCUT2D eigenvalue weighted by Gasteiger charge is 2.35. The topological polar surface area (TPSA) is 118 Å². The standard InChI is InChI=1S/C9H15NO5/c1-9(8(14)15,3-2-7(12)13)4-6(11)5-10/h2-5,10H2,1H3,(H,12,13)(H,14,15)/t9-/m1/s1. The van der Waals surface area contributed by atoms with Crippen LogP contribution in [0, 0.1) is 5.41 Å². The lowest BCUT2D eigenvalue weighted by molar-refractivity contribution is -0.151. The number of hydrogen-bond donors (Lipinski definition) is 3. The third-order valence-corrected chi connectivity index (χ3v) is 2.22. The molecule has 0 unspecified atom stereocenters. The normalized spacial score (nSPS) is 14.3. The Labute approximate surface area is 87.1 Å². The second-order valence-corrected chi connectivity index (χ2v) is 3.68. The number of nitrogens with two attached hydrogens (primary N) is 1. The minimum Gasteiger partial charge on any atom is -0.481 e. The molecule has 0 aromatic rings. The molecule has 0 saturated heterocycles. The summed E-state index contributed by atoms with van der Waals surface area (Å²) in [4.78, 5) is 32.3. The maximum atomic E-state index is 11.0. The Bertz CT molecular complexity index is 276. The fraction of sp³-hybridized carbons (Fsp3) is 0.667. The summed E-state index contributed by atoms with van der Waals surface area (Å²) in [6, 6.07) is 0. The summed E-state index contributed by atoms with van der Waals surface area (Å²) >= 11 is 0. The number of rotatable bonds is 7. The Kier molecular flexibility index (Phi) is 4.93. The van der Waals surface area contributed by atoms with Crippen molar-refractivity contribution in [1.29, 1.82) is 0 Å². The lowest BCUT2D eigenvalue weighted by atomic mass is 9.80. The summed E-state index contributed by atoms with van der Waals surface area (Å²) < 4.78 is 0. The Balaban J connectivity index is 4.52. The predicted molar refractivity (Wildman–Crippen MR) is 51.3 cm³/mol. The lowest BCUT2D eigenvalue weighted by Crippen LogP contribution is -2.33. The largest absolute Gasteiger partial charge is 0.481 e. The first-order valence-electron chi connectivity index (χ1n) is 4.49.